The Morgan fingerprint density at radius 1 is 1.19 bits per heavy atom. The Hall–Kier alpha value is -4.21. The summed E-state index contributed by atoms with van der Waals surface area (Å²) in [6, 6.07) is 12.1. The fourth-order valence-electron chi connectivity index (χ4n) is 4.93. The van der Waals surface area contributed by atoms with Crippen LogP contribution in [0.2, 0.25) is 0 Å². The standard InChI is InChI=1S/C26H28N6O4/c1-26(10-11-28-31(26)2)18-4-3-5-19(13-18)29-25(36)27-14-16-6-7-20-17(12-16)15-32(24(20)35)21-8-9-22(33)30-23(21)34/h3-7,11-13,21H,8-10,14-15H2,1-2H3,(H2,27,29,36)(H,30,33,34). The van der Waals surface area contributed by atoms with Crippen molar-refractivity contribution in [2.75, 3.05) is 12.4 Å². The number of fused-ring (bicyclic) bond motifs is 1. The number of amides is 5. The van der Waals surface area contributed by atoms with E-state index in [0.29, 0.717) is 24.2 Å². The molecule has 0 bridgehead atoms. The first-order chi connectivity index (χ1) is 17.2. The second kappa shape index (κ2) is 9.10. The quantitative estimate of drug-likeness (QED) is 0.558. The molecule has 3 N–H and O–H groups in total. The van der Waals surface area contributed by atoms with E-state index in [4.69, 9.17) is 0 Å². The van der Waals surface area contributed by atoms with Crippen LogP contribution >= 0.6 is 0 Å². The molecule has 5 amide bonds. The molecule has 2 atom stereocenters. The Labute approximate surface area is 208 Å². The van der Waals surface area contributed by atoms with E-state index in [2.05, 4.69) is 28.0 Å². The van der Waals surface area contributed by atoms with Gasteiger partial charge in [0.05, 0.1) is 5.54 Å². The van der Waals surface area contributed by atoms with Crippen LogP contribution in [-0.4, -0.2) is 53.0 Å². The van der Waals surface area contributed by atoms with Gasteiger partial charge in [0.2, 0.25) is 11.8 Å². The summed E-state index contributed by atoms with van der Waals surface area (Å²) in [5.74, 6) is -0.965. The summed E-state index contributed by atoms with van der Waals surface area (Å²) in [4.78, 5) is 50.6. The number of hydrazone groups is 1. The molecule has 1 fully saturated rings. The van der Waals surface area contributed by atoms with Crippen LogP contribution in [0.5, 0.6) is 0 Å². The van der Waals surface area contributed by atoms with Crippen LogP contribution in [0.1, 0.15) is 53.2 Å². The van der Waals surface area contributed by atoms with E-state index in [0.717, 1.165) is 23.1 Å². The van der Waals surface area contributed by atoms with Gasteiger partial charge in [0, 0.05) is 50.4 Å². The smallest absolute Gasteiger partial charge is 0.319 e. The molecule has 2 unspecified atom stereocenters. The number of urea groups is 1. The Balaban J connectivity index is 1.20. The lowest BCUT2D eigenvalue weighted by atomic mass is 9.89. The van der Waals surface area contributed by atoms with Crippen molar-refractivity contribution in [2.45, 2.75) is 50.9 Å². The molecule has 0 radical (unpaired) electrons. The van der Waals surface area contributed by atoms with Crippen molar-refractivity contribution in [3.05, 3.63) is 64.7 Å². The molecule has 10 heteroatoms. The van der Waals surface area contributed by atoms with E-state index in [-0.39, 0.29) is 36.3 Å². The van der Waals surface area contributed by atoms with Gasteiger partial charge in [-0.1, -0.05) is 24.3 Å². The molecule has 10 nitrogen and oxygen atoms in total. The molecule has 36 heavy (non-hydrogen) atoms. The molecule has 2 aromatic rings. The summed E-state index contributed by atoms with van der Waals surface area (Å²) in [7, 11) is 1.94. The summed E-state index contributed by atoms with van der Waals surface area (Å²) in [5, 5.41) is 14.3. The molecule has 186 valence electrons. The fourth-order valence-corrected chi connectivity index (χ4v) is 4.93. The number of rotatable bonds is 5. The molecule has 1 saturated heterocycles. The van der Waals surface area contributed by atoms with Crippen LogP contribution in [-0.2, 0) is 28.2 Å². The minimum absolute atomic E-state index is 0.216. The number of carbonyl (C=O) groups excluding carboxylic acids is 4. The van der Waals surface area contributed by atoms with E-state index < -0.39 is 11.9 Å². The van der Waals surface area contributed by atoms with Crippen molar-refractivity contribution in [1.82, 2.24) is 20.5 Å². The Morgan fingerprint density at radius 2 is 2.03 bits per heavy atom. The third kappa shape index (κ3) is 4.30. The van der Waals surface area contributed by atoms with Gasteiger partial charge >= 0.3 is 6.03 Å². The van der Waals surface area contributed by atoms with E-state index in [1.54, 1.807) is 12.1 Å². The second-order valence-corrected chi connectivity index (χ2v) is 9.58. The van der Waals surface area contributed by atoms with E-state index in [1.807, 2.05) is 48.6 Å². The number of nitrogens with zero attached hydrogens (tertiary/aromatic N) is 3. The number of piperidine rings is 1. The predicted octanol–water partition coefficient (Wildman–Crippen LogP) is 2.31. The fraction of sp³-hybridized carbons (Fsp3) is 0.346. The van der Waals surface area contributed by atoms with Gasteiger partial charge in [0.25, 0.3) is 5.91 Å². The minimum Gasteiger partial charge on any atom is -0.334 e. The molecule has 0 aliphatic carbocycles. The molecule has 2 aromatic carbocycles. The van der Waals surface area contributed by atoms with Crippen LogP contribution in [0, 0.1) is 0 Å². The second-order valence-electron chi connectivity index (χ2n) is 9.58. The minimum atomic E-state index is -0.649. The molecule has 0 saturated carbocycles. The Bertz CT molecular complexity index is 1290. The highest BCUT2D eigenvalue weighted by atomic mass is 16.2. The molecular formula is C26H28N6O4. The van der Waals surface area contributed by atoms with Gasteiger partial charge in [-0.3, -0.25) is 24.7 Å². The number of benzene rings is 2. The first-order valence-electron chi connectivity index (χ1n) is 11.9. The van der Waals surface area contributed by atoms with Gasteiger partial charge < -0.3 is 15.5 Å². The largest absolute Gasteiger partial charge is 0.334 e. The summed E-state index contributed by atoms with van der Waals surface area (Å²) < 4.78 is 0. The number of imide groups is 1. The average Bonchev–Trinajstić information content (AvgIpc) is 3.37. The van der Waals surface area contributed by atoms with E-state index in [1.165, 1.54) is 4.90 Å². The summed E-state index contributed by atoms with van der Waals surface area (Å²) >= 11 is 0. The van der Waals surface area contributed by atoms with Gasteiger partial charge in [0.15, 0.2) is 0 Å². The van der Waals surface area contributed by atoms with Crippen LogP contribution in [0.4, 0.5) is 10.5 Å². The van der Waals surface area contributed by atoms with Gasteiger partial charge in [0.1, 0.15) is 6.04 Å². The van der Waals surface area contributed by atoms with Gasteiger partial charge in [-0.25, -0.2) is 4.79 Å². The molecular weight excluding hydrogens is 460 g/mol. The zero-order chi connectivity index (χ0) is 25.4. The lowest BCUT2D eigenvalue weighted by Gasteiger charge is -2.32. The van der Waals surface area contributed by atoms with Crippen LogP contribution < -0.4 is 16.0 Å². The first-order valence-corrected chi connectivity index (χ1v) is 11.9. The normalized spacial score (nSPS) is 23.1. The summed E-state index contributed by atoms with van der Waals surface area (Å²) in [6.45, 7) is 2.68. The maximum absolute atomic E-state index is 12.8. The number of nitrogens with one attached hydrogen (secondary N) is 3. The monoisotopic (exact) mass is 488 g/mol. The third-order valence-electron chi connectivity index (χ3n) is 7.24. The lowest BCUT2D eigenvalue weighted by Crippen LogP contribution is -2.52. The van der Waals surface area contributed by atoms with Crippen molar-refractivity contribution < 1.29 is 19.2 Å². The zero-order valence-corrected chi connectivity index (χ0v) is 20.2. The lowest BCUT2D eigenvalue weighted by molar-refractivity contribution is -0.136. The Morgan fingerprint density at radius 3 is 2.78 bits per heavy atom. The highest BCUT2D eigenvalue weighted by Gasteiger charge is 2.39. The zero-order valence-electron chi connectivity index (χ0n) is 20.2. The van der Waals surface area contributed by atoms with Crippen molar-refractivity contribution >= 4 is 35.7 Å². The molecule has 0 aromatic heterocycles. The molecule has 3 aliphatic heterocycles. The van der Waals surface area contributed by atoms with E-state index >= 15 is 0 Å². The predicted molar refractivity (Wildman–Crippen MR) is 133 cm³/mol. The highest BCUT2D eigenvalue weighted by molar-refractivity contribution is 6.05. The maximum Gasteiger partial charge on any atom is 0.319 e. The number of hydrogen-bond acceptors (Lipinski definition) is 6. The van der Waals surface area contributed by atoms with Crippen molar-refractivity contribution in [3.8, 4) is 0 Å². The molecule has 5 rings (SSSR count). The highest BCUT2D eigenvalue weighted by Crippen LogP contribution is 2.35. The van der Waals surface area contributed by atoms with Gasteiger partial charge in [-0.2, -0.15) is 5.10 Å². The summed E-state index contributed by atoms with van der Waals surface area (Å²) in [5.41, 5.74) is 3.67. The SMILES string of the molecule is CN1N=CCC1(C)c1cccc(NC(=O)NCc2ccc3c(c2)CN(C2CCC(=O)NC2=O)C3=O)c1. The first kappa shape index (κ1) is 23.5. The number of anilines is 1. The van der Waals surface area contributed by atoms with Crippen molar-refractivity contribution in [3.63, 3.8) is 0 Å². The van der Waals surface area contributed by atoms with E-state index in [9.17, 15) is 19.2 Å². The summed E-state index contributed by atoms with van der Waals surface area (Å²) in [6.07, 6.45) is 3.22. The van der Waals surface area contributed by atoms with Gasteiger partial charge in [-0.15, -0.1) is 0 Å². The van der Waals surface area contributed by atoms with Crippen LogP contribution in [0.15, 0.2) is 47.6 Å². The molecule has 3 heterocycles. The number of hydrogen-bond donors (Lipinski definition) is 3. The number of carbonyl (C=O) groups is 4. The molecule has 3 aliphatic rings. The van der Waals surface area contributed by atoms with Crippen molar-refractivity contribution in [2.24, 2.45) is 5.10 Å². The van der Waals surface area contributed by atoms with Gasteiger partial charge in [-0.05, 0) is 48.2 Å². The third-order valence-corrected chi connectivity index (χ3v) is 7.24. The molecule has 0 spiro atoms. The van der Waals surface area contributed by atoms with Crippen LogP contribution in [0.3, 0.4) is 0 Å². The van der Waals surface area contributed by atoms with Crippen LogP contribution in [0.25, 0.3) is 0 Å². The average molecular weight is 489 g/mol. The van der Waals surface area contributed by atoms with Crippen molar-refractivity contribution in [1.29, 1.82) is 0 Å². The topological polar surface area (TPSA) is 123 Å². The Kier molecular flexibility index (Phi) is 5.95. The maximum atomic E-state index is 12.8.